The summed E-state index contributed by atoms with van der Waals surface area (Å²) in [5, 5.41) is 0. The molecule has 0 aromatic carbocycles. The van der Waals surface area contributed by atoms with E-state index in [0.29, 0.717) is 19.3 Å². The summed E-state index contributed by atoms with van der Waals surface area (Å²) in [7, 11) is 0. The van der Waals surface area contributed by atoms with Gasteiger partial charge in [-0.1, -0.05) is 306 Å². The minimum absolute atomic E-state index is 0.0750. The number of hydrogen-bond donors (Lipinski definition) is 0. The third-order valence-corrected chi connectivity index (χ3v) is 14.7. The van der Waals surface area contributed by atoms with Crippen molar-refractivity contribution < 1.29 is 28.6 Å². The van der Waals surface area contributed by atoms with Crippen molar-refractivity contribution in [3.63, 3.8) is 0 Å². The number of ether oxygens (including phenoxy) is 3. The maximum absolute atomic E-state index is 12.9. The number of rotatable bonds is 61. The molecule has 0 saturated carbocycles. The van der Waals surface area contributed by atoms with Crippen molar-refractivity contribution in [2.75, 3.05) is 13.2 Å². The Morgan fingerprint density at radius 2 is 0.506 bits per heavy atom. The second kappa shape index (κ2) is 65.4. The first-order valence-corrected chi connectivity index (χ1v) is 33.4. The lowest BCUT2D eigenvalue weighted by atomic mass is 10.0. The molecule has 0 amide bonds. The maximum Gasteiger partial charge on any atom is 0.306 e. The van der Waals surface area contributed by atoms with Crippen molar-refractivity contribution in [3.05, 3.63) is 72.9 Å². The Hall–Kier alpha value is -3.15. The monoisotopic (exact) mass is 1070 g/mol. The van der Waals surface area contributed by atoms with Gasteiger partial charge in [0, 0.05) is 19.3 Å². The van der Waals surface area contributed by atoms with Crippen molar-refractivity contribution in [3.8, 4) is 0 Å². The van der Waals surface area contributed by atoms with Crippen molar-refractivity contribution in [2.24, 2.45) is 0 Å². The molecule has 1 atom stereocenters. The van der Waals surface area contributed by atoms with Gasteiger partial charge in [0.05, 0.1) is 0 Å². The van der Waals surface area contributed by atoms with Gasteiger partial charge in [-0.15, -0.1) is 0 Å². The smallest absolute Gasteiger partial charge is 0.306 e. The molecule has 0 aliphatic carbocycles. The van der Waals surface area contributed by atoms with Gasteiger partial charge < -0.3 is 14.2 Å². The van der Waals surface area contributed by atoms with Crippen LogP contribution >= 0.6 is 0 Å². The van der Waals surface area contributed by atoms with Crippen molar-refractivity contribution >= 4 is 17.9 Å². The second-order valence-corrected chi connectivity index (χ2v) is 22.4. The van der Waals surface area contributed by atoms with Gasteiger partial charge in [-0.25, -0.2) is 0 Å². The normalized spacial score (nSPS) is 12.5. The topological polar surface area (TPSA) is 78.9 Å². The molecular formula is C71H126O6. The van der Waals surface area contributed by atoms with Crippen LogP contribution in [0.1, 0.15) is 342 Å². The summed E-state index contributed by atoms with van der Waals surface area (Å²) < 4.78 is 17.0. The van der Waals surface area contributed by atoms with E-state index in [1.54, 1.807) is 0 Å². The molecule has 0 aromatic heterocycles. The second-order valence-electron chi connectivity index (χ2n) is 22.4. The number of carbonyl (C=O) groups excluding carboxylic acids is 3. The molecule has 0 fully saturated rings. The van der Waals surface area contributed by atoms with Crippen LogP contribution < -0.4 is 0 Å². The van der Waals surface area contributed by atoms with Gasteiger partial charge >= 0.3 is 17.9 Å². The first kappa shape index (κ1) is 73.8. The summed E-state index contributed by atoms with van der Waals surface area (Å²) >= 11 is 0. The van der Waals surface area contributed by atoms with E-state index in [1.165, 1.54) is 205 Å². The fraction of sp³-hybridized carbons (Fsp3) is 0.789. The molecule has 0 aromatic rings. The van der Waals surface area contributed by atoms with E-state index in [4.69, 9.17) is 14.2 Å². The van der Waals surface area contributed by atoms with Gasteiger partial charge in [-0.05, 0) is 89.9 Å². The van der Waals surface area contributed by atoms with E-state index in [-0.39, 0.29) is 31.1 Å². The van der Waals surface area contributed by atoms with Crippen LogP contribution in [-0.2, 0) is 28.6 Å². The molecule has 446 valence electrons. The molecule has 77 heavy (non-hydrogen) atoms. The van der Waals surface area contributed by atoms with Crippen LogP contribution in [0.4, 0.5) is 0 Å². The van der Waals surface area contributed by atoms with Gasteiger partial charge in [0.1, 0.15) is 13.2 Å². The van der Waals surface area contributed by atoms with Crippen molar-refractivity contribution in [2.45, 2.75) is 348 Å². The quantitative estimate of drug-likeness (QED) is 0.0261. The summed E-state index contributed by atoms with van der Waals surface area (Å²) in [4.78, 5) is 38.4. The first-order chi connectivity index (χ1) is 38.0. The first-order valence-electron chi connectivity index (χ1n) is 33.4. The highest BCUT2D eigenvalue weighted by molar-refractivity contribution is 5.71. The molecule has 0 radical (unpaired) electrons. The maximum atomic E-state index is 12.9. The zero-order chi connectivity index (χ0) is 55.7. The summed E-state index contributed by atoms with van der Waals surface area (Å²) in [6, 6.07) is 0. The zero-order valence-corrected chi connectivity index (χ0v) is 51.2. The number of esters is 3. The van der Waals surface area contributed by atoms with Gasteiger partial charge in [0.2, 0.25) is 0 Å². The Balaban J connectivity index is 4.32. The number of carbonyl (C=O) groups is 3. The lowest BCUT2D eigenvalue weighted by Crippen LogP contribution is -2.30. The van der Waals surface area contributed by atoms with Crippen LogP contribution in [-0.4, -0.2) is 37.2 Å². The SMILES string of the molecule is CC/C=C\C/C=C\C/C=C\C/C=C\CCCCCCCCCCCCCCC(=O)OCC(COC(=O)CCCCCCCCCCCCCCCCCC)OC(=O)CCCCCCCCC/C=C\C/C=C\CCCCCC. The van der Waals surface area contributed by atoms with E-state index >= 15 is 0 Å². The molecule has 6 nitrogen and oxygen atoms in total. The van der Waals surface area contributed by atoms with Crippen LogP contribution in [0.5, 0.6) is 0 Å². The van der Waals surface area contributed by atoms with Gasteiger partial charge in [0.15, 0.2) is 6.10 Å². The Labute approximate surface area is 478 Å². The highest BCUT2D eigenvalue weighted by Crippen LogP contribution is 2.17. The van der Waals surface area contributed by atoms with E-state index in [2.05, 4.69) is 93.7 Å². The summed E-state index contributed by atoms with van der Waals surface area (Å²) in [5.41, 5.74) is 0. The minimum atomic E-state index is -0.780. The molecule has 0 heterocycles. The zero-order valence-electron chi connectivity index (χ0n) is 51.2. The van der Waals surface area contributed by atoms with Crippen LogP contribution in [0.15, 0.2) is 72.9 Å². The number of hydrogen-bond acceptors (Lipinski definition) is 6. The standard InChI is InChI=1S/C71H126O6/c1-4-7-10-13-16-19-22-25-28-31-33-34-35-36-37-38-39-41-43-46-49-52-55-58-61-64-70(73)76-67-68(66-75-69(72)63-60-57-54-51-48-45-42-30-27-24-21-18-15-12-9-6-3)77-71(74)65-62-59-56-53-50-47-44-40-32-29-26-23-20-17-14-11-8-5-2/h7,10,16,19-20,23,25,28-29,32-34,68H,4-6,8-9,11-15,17-18,21-22,24,26-27,30-31,35-67H2,1-3H3/b10-7-,19-16-,23-20-,28-25-,32-29-,34-33-. The fourth-order valence-corrected chi connectivity index (χ4v) is 9.70. The molecule has 1 unspecified atom stereocenters. The number of unbranched alkanes of at least 4 members (excludes halogenated alkanes) is 38. The minimum Gasteiger partial charge on any atom is -0.462 e. The molecule has 0 rings (SSSR count). The third kappa shape index (κ3) is 63.6. The van der Waals surface area contributed by atoms with E-state index in [1.807, 2.05) is 0 Å². The predicted molar refractivity (Wildman–Crippen MR) is 335 cm³/mol. The molecule has 0 aliphatic rings. The third-order valence-electron chi connectivity index (χ3n) is 14.7. The van der Waals surface area contributed by atoms with Crippen LogP contribution in [0, 0.1) is 0 Å². The van der Waals surface area contributed by atoms with Gasteiger partial charge in [-0.3, -0.25) is 14.4 Å². The van der Waals surface area contributed by atoms with E-state index in [0.717, 1.165) is 96.3 Å². The average molecular weight is 1080 g/mol. The summed E-state index contributed by atoms with van der Waals surface area (Å²) in [5.74, 6) is -0.865. The Bertz CT molecular complexity index is 1420. The molecule has 0 aliphatic heterocycles. The van der Waals surface area contributed by atoms with E-state index in [9.17, 15) is 14.4 Å². The van der Waals surface area contributed by atoms with Crippen LogP contribution in [0.3, 0.4) is 0 Å². The molecule has 0 bridgehead atoms. The van der Waals surface area contributed by atoms with Crippen molar-refractivity contribution in [1.29, 1.82) is 0 Å². The average Bonchev–Trinajstić information content (AvgIpc) is 3.43. The van der Waals surface area contributed by atoms with Crippen LogP contribution in [0.2, 0.25) is 0 Å². The summed E-state index contributed by atoms with van der Waals surface area (Å²) in [6.07, 6.45) is 84.8. The Kier molecular flexibility index (Phi) is 62.7. The predicted octanol–water partition coefficient (Wildman–Crippen LogP) is 22.9. The Morgan fingerprint density at radius 1 is 0.273 bits per heavy atom. The van der Waals surface area contributed by atoms with Gasteiger partial charge in [-0.2, -0.15) is 0 Å². The molecule has 6 heteroatoms. The highest BCUT2D eigenvalue weighted by atomic mass is 16.6. The fourth-order valence-electron chi connectivity index (χ4n) is 9.70. The lowest BCUT2D eigenvalue weighted by molar-refractivity contribution is -0.167. The largest absolute Gasteiger partial charge is 0.462 e. The lowest BCUT2D eigenvalue weighted by Gasteiger charge is -2.18. The van der Waals surface area contributed by atoms with Gasteiger partial charge in [0.25, 0.3) is 0 Å². The summed E-state index contributed by atoms with van der Waals surface area (Å²) in [6.45, 7) is 6.56. The van der Waals surface area contributed by atoms with Crippen LogP contribution in [0.25, 0.3) is 0 Å². The Morgan fingerprint density at radius 3 is 0.805 bits per heavy atom. The molecule has 0 N–H and O–H groups in total. The molecular weight excluding hydrogens is 949 g/mol. The van der Waals surface area contributed by atoms with Crippen molar-refractivity contribution in [1.82, 2.24) is 0 Å². The molecule has 0 saturated heterocycles. The number of allylic oxidation sites excluding steroid dienone is 12. The molecule has 0 spiro atoms. The highest BCUT2D eigenvalue weighted by Gasteiger charge is 2.19. The van der Waals surface area contributed by atoms with E-state index < -0.39 is 6.10 Å².